The zero-order valence-electron chi connectivity index (χ0n) is 10.9. The van der Waals surface area contributed by atoms with Gasteiger partial charge in [-0.15, -0.1) is 0 Å². The Bertz CT molecular complexity index is 614. The first-order chi connectivity index (χ1) is 9.95. The van der Waals surface area contributed by atoms with Crippen molar-refractivity contribution in [2.45, 2.75) is 19.0 Å². The Balaban J connectivity index is 1.94. The van der Waals surface area contributed by atoms with E-state index >= 15 is 0 Å². The van der Waals surface area contributed by atoms with Gasteiger partial charge in [-0.25, -0.2) is 9.97 Å². The minimum absolute atomic E-state index is 0.124. The summed E-state index contributed by atoms with van der Waals surface area (Å²) < 4.78 is 37.6. The molecule has 1 heterocycles. The number of rotatable bonds is 4. The number of aryl methyl sites for hydroxylation is 1. The molecule has 0 radical (unpaired) electrons. The fourth-order valence-electron chi connectivity index (χ4n) is 1.71. The van der Waals surface area contributed by atoms with E-state index in [1.807, 2.05) is 0 Å². The predicted octanol–water partition coefficient (Wildman–Crippen LogP) is 3.07. The first-order valence-corrected chi connectivity index (χ1v) is 6.16. The van der Waals surface area contributed by atoms with Crippen LogP contribution in [0.15, 0.2) is 43.0 Å². The summed E-state index contributed by atoms with van der Waals surface area (Å²) in [6.07, 6.45) is 0.693. The number of alkyl halides is 3. The lowest BCUT2D eigenvalue weighted by Gasteiger charge is -2.09. The van der Waals surface area contributed by atoms with Crippen molar-refractivity contribution in [3.8, 4) is 0 Å². The molecule has 0 unspecified atom stereocenters. The van der Waals surface area contributed by atoms with E-state index in [9.17, 15) is 18.0 Å². The van der Waals surface area contributed by atoms with E-state index in [1.165, 1.54) is 18.5 Å². The highest BCUT2D eigenvalue weighted by atomic mass is 19.4. The average molecular weight is 295 g/mol. The summed E-state index contributed by atoms with van der Waals surface area (Å²) in [4.78, 5) is 19.3. The molecular formula is C14H12F3N3O. The number of aromatic nitrogens is 2. The Kier molecular flexibility index (Phi) is 4.52. The van der Waals surface area contributed by atoms with Crippen LogP contribution in [0.1, 0.15) is 17.5 Å². The normalized spacial score (nSPS) is 11.2. The third-order valence-corrected chi connectivity index (χ3v) is 2.73. The minimum Gasteiger partial charge on any atom is -0.326 e. The number of nitrogens with zero attached hydrogens (tertiary/aromatic N) is 2. The molecule has 1 amide bonds. The molecule has 21 heavy (non-hydrogen) atoms. The molecule has 0 saturated carbocycles. The van der Waals surface area contributed by atoms with Crippen molar-refractivity contribution in [3.05, 3.63) is 54.1 Å². The number of carbonyl (C=O) groups excluding carboxylic acids is 1. The Morgan fingerprint density at radius 2 is 1.90 bits per heavy atom. The number of hydrogen-bond acceptors (Lipinski definition) is 3. The molecule has 0 spiro atoms. The van der Waals surface area contributed by atoms with Gasteiger partial charge in [0.1, 0.15) is 6.33 Å². The van der Waals surface area contributed by atoms with Gasteiger partial charge in [-0.1, -0.05) is 6.07 Å². The highest BCUT2D eigenvalue weighted by molar-refractivity contribution is 5.90. The maximum atomic E-state index is 12.5. The van der Waals surface area contributed by atoms with Gasteiger partial charge in [-0.05, 0) is 30.2 Å². The Morgan fingerprint density at radius 1 is 1.19 bits per heavy atom. The number of anilines is 1. The van der Waals surface area contributed by atoms with Crippen molar-refractivity contribution in [1.82, 2.24) is 9.97 Å². The highest BCUT2D eigenvalue weighted by Crippen LogP contribution is 2.30. The predicted molar refractivity (Wildman–Crippen MR) is 70.4 cm³/mol. The van der Waals surface area contributed by atoms with Crippen LogP contribution >= 0.6 is 0 Å². The van der Waals surface area contributed by atoms with E-state index in [1.54, 1.807) is 12.4 Å². The summed E-state index contributed by atoms with van der Waals surface area (Å²) >= 11 is 0. The second-order valence-corrected chi connectivity index (χ2v) is 4.37. The van der Waals surface area contributed by atoms with Gasteiger partial charge >= 0.3 is 6.18 Å². The molecule has 0 saturated heterocycles. The van der Waals surface area contributed by atoms with Crippen molar-refractivity contribution < 1.29 is 18.0 Å². The van der Waals surface area contributed by atoms with Gasteiger partial charge in [0.2, 0.25) is 5.91 Å². The lowest BCUT2D eigenvalue weighted by Crippen LogP contribution is -2.13. The SMILES string of the molecule is O=C(CCc1cncnc1)Nc1cccc(C(F)(F)F)c1. The van der Waals surface area contributed by atoms with Crippen LogP contribution in [0.2, 0.25) is 0 Å². The van der Waals surface area contributed by atoms with Gasteiger partial charge < -0.3 is 5.32 Å². The molecule has 0 atom stereocenters. The van der Waals surface area contributed by atoms with Crippen LogP contribution in [0.4, 0.5) is 18.9 Å². The van der Waals surface area contributed by atoms with Crippen LogP contribution in [-0.2, 0) is 17.4 Å². The summed E-state index contributed by atoms with van der Waals surface area (Å²) in [6, 6.07) is 4.53. The first-order valence-electron chi connectivity index (χ1n) is 6.16. The molecule has 2 rings (SSSR count). The van der Waals surface area contributed by atoms with E-state index in [4.69, 9.17) is 0 Å². The molecule has 0 aliphatic rings. The molecule has 1 N–H and O–H groups in total. The second kappa shape index (κ2) is 6.34. The first kappa shape index (κ1) is 15.0. The van der Waals surface area contributed by atoms with Crippen LogP contribution in [0.25, 0.3) is 0 Å². The van der Waals surface area contributed by atoms with Crippen molar-refractivity contribution in [1.29, 1.82) is 0 Å². The average Bonchev–Trinajstić information content (AvgIpc) is 2.46. The van der Waals surface area contributed by atoms with Crippen LogP contribution < -0.4 is 5.32 Å². The molecule has 7 heteroatoms. The number of amides is 1. The van der Waals surface area contributed by atoms with Gasteiger partial charge in [0.15, 0.2) is 0 Å². The molecule has 110 valence electrons. The lowest BCUT2D eigenvalue weighted by molar-refractivity contribution is -0.137. The fraction of sp³-hybridized carbons (Fsp3) is 0.214. The Labute approximate surface area is 119 Å². The molecule has 4 nitrogen and oxygen atoms in total. The number of nitrogens with one attached hydrogen (secondary N) is 1. The van der Waals surface area contributed by atoms with Crippen LogP contribution in [0.5, 0.6) is 0 Å². The minimum atomic E-state index is -4.43. The molecule has 0 aliphatic heterocycles. The molecule has 2 aromatic rings. The summed E-state index contributed by atoms with van der Waals surface area (Å²) in [6.45, 7) is 0. The van der Waals surface area contributed by atoms with Crippen molar-refractivity contribution in [2.75, 3.05) is 5.32 Å². The number of halogens is 3. The molecule has 1 aromatic heterocycles. The van der Waals surface area contributed by atoms with E-state index in [0.29, 0.717) is 6.42 Å². The molecule has 0 aliphatic carbocycles. The van der Waals surface area contributed by atoms with Crippen molar-refractivity contribution in [3.63, 3.8) is 0 Å². The highest BCUT2D eigenvalue weighted by Gasteiger charge is 2.30. The second-order valence-electron chi connectivity index (χ2n) is 4.37. The zero-order chi connectivity index (χ0) is 15.3. The zero-order valence-corrected chi connectivity index (χ0v) is 10.9. The topological polar surface area (TPSA) is 54.9 Å². The Hall–Kier alpha value is -2.44. The van der Waals surface area contributed by atoms with E-state index in [-0.39, 0.29) is 18.0 Å². The maximum Gasteiger partial charge on any atom is 0.416 e. The smallest absolute Gasteiger partial charge is 0.326 e. The quantitative estimate of drug-likeness (QED) is 0.943. The summed E-state index contributed by atoms with van der Waals surface area (Å²) in [5.41, 5.74) is 0.118. The van der Waals surface area contributed by atoms with Gasteiger partial charge in [0.25, 0.3) is 0 Å². The monoisotopic (exact) mass is 295 g/mol. The number of hydrogen-bond donors (Lipinski definition) is 1. The van der Waals surface area contributed by atoms with Gasteiger partial charge in [-0.3, -0.25) is 4.79 Å². The lowest BCUT2D eigenvalue weighted by atomic mass is 10.1. The standard InChI is InChI=1S/C14H12F3N3O/c15-14(16,17)11-2-1-3-12(6-11)20-13(21)5-4-10-7-18-9-19-8-10/h1-3,6-9H,4-5H2,(H,20,21). The van der Waals surface area contributed by atoms with Gasteiger partial charge in [-0.2, -0.15) is 13.2 Å². The van der Waals surface area contributed by atoms with E-state index in [0.717, 1.165) is 17.7 Å². The number of carbonyl (C=O) groups is 1. The summed E-state index contributed by atoms with van der Waals surface area (Å²) in [7, 11) is 0. The largest absolute Gasteiger partial charge is 0.416 e. The third kappa shape index (κ3) is 4.55. The molecule has 0 bridgehead atoms. The Morgan fingerprint density at radius 3 is 2.57 bits per heavy atom. The fourth-order valence-corrected chi connectivity index (χ4v) is 1.71. The molecule has 0 fully saturated rings. The van der Waals surface area contributed by atoms with Crippen molar-refractivity contribution in [2.24, 2.45) is 0 Å². The van der Waals surface area contributed by atoms with Crippen LogP contribution in [0, 0.1) is 0 Å². The third-order valence-electron chi connectivity index (χ3n) is 2.73. The van der Waals surface area contributed by atoms with Gasteiger partial charge in [0, 0.05) is 24.5 Å². The van der Waals surface area contributed by atoms with Crippen LogP contribution in [-0.4, -0.2) is 15.9 Å². The number of benzene rings is 1. The summed E-state index contributed by atoms with van der Waals surface area (Å²) in [5.74, 6) is -0.363. The van der Waals surface area contributed by atoms with E-state index in [2.05, 4.69) is 15.3 Å². The van der Waals surface area contributed by atoms with Crippen molar-refractivity contribution >= 4 is 11.6 Å². The molecular weight excluding hydrogens is 283 g/mol. The maximum absolute atomic E-state index is 12.5. The van der Waals surface area contributed by atoms with E-state index < -0.39 is 11.7 Å². The molecule has 1 aromatic carbocycles. The van der Waals surface area contributed by atoms with Gasteiger partial charge in [0.05, 0.1) is 5.56 Å². The summed E-state index contributed by atoms with van der Waals surface area (Å²) in [5, 5.41) is 2.44. The van der Waals surface area contributed by atoms with Crippen LogP contribution in [0.3, 0.4) is 0 Å².